The van der Waals surface area contributed by atoms with Crippen LogP contribution in [0.2, 0.25) is 0 Å². The van der Waals surface area contributed by atoms with Crippen molar-refractivity contribution in [1.29, 1.82) is 0 Å². The molecule has 0 aliphatic heterocycles. The number of benzene rings is 2. The fourth-order valence-corrected chi connectivity index (χ4v) is 4.17. The molecule has 0 saturated heterocycles. The molecular formula is C21H25Br2N3O2. The molecule has 28 heavy (non-hydrogen) atoms. The van der Waals surface area contributed by atoms with Crippen LogP contribution in [0.3, 0.4) is 0 Å². The first-order valence-corrected chi connectivity index (χ1v) is 10.7. The summed E-state index contributed by atoms with van der Waals surface area (Å²) in [6.07, 6.45) is 0. The van der Waals surface area contributed by atoms with Crippen LogP contribution in [0, 0.1) is 0 Å². The number of hydrogen-bond donors (Lipinski definition) is 2. The molecule has 0 bridgehead atoms. The molecule has 0 saturated carbocycles. The third-order valence-electron chi connectivity index (χ3n) is 4.07. The minimum Gasteiger partial charge on any atom is -0.353 e. The normalized spacial score (nSPS) is 11.0. The molecule has 2 amide bonds. The number of amides is 2. The summed E-state index contributed by atoms with van der Waals surface area (Å²) in [6.45, 7) is 7.43. The molecule has 0 spiro atoms. The molecule has 5 nitrogen and oxygen atoms in total. The average molecular weight is 511 g/mol. The maximum Gasteiger partial charge on any atom is 0.255 e. The van der Waals surface area contributed by atoms with Crippen LogP contribution in [0.5, 0.6) is 0 Å². The Morgan fingerprint density at radius 3 is 2.39 bits per heavy atom. The number of likely N-dealkylation sites (N-methyl/N-ethyl adjacent to an activating group) is 1. The molecule has 0 atom stereocenters. The number of nitrogens with one attached hydrogen (secondary N) is 2. The molecule has 2 aromatic rings. The Kier molecular flexibility index (Phi) is 8.66. The van der Waals surface area contributed by atoms with Crippen molar-refractivity contribution >= 4 is 49.4 Å². The van der Waals surface area contributed by atoms with Gasteiger partial charge in [0.15, 0.2) is 0 Å². The lowest BCUT2D eigenvalue weighted by Crippen LogP contribution is -2.39. The molecule has 0 radical (unpaired) electrons. The second-order valence-corrected chi connectivity index (χ2v) is 8.54. The molecule has 0 fully saturated rings. The fraction of sp³-hybridized carbons (Fsp3) is 0.333. The highest BCUT2D eigenvalue weighted by Crippen LogP contribution is 2.32. The number of anilines is 1. The Labute approximate surface area is 183 Å². The van der Waals surface area contributed by atoms with Crippen molar-refractivity contribution in [2.24, 2.45) is 0 Å². The molecule has 0 aliphatic carbocycles. The number of rotatable bonds is 8. The molecule has 2 rings (SSSR count). The Morgan fingerprint density at radius 1 is 1.11 bits per heavy atom. The van der Waals surface area contributed by atoms with Crippen molar-refractivity contribution in [3.05, 3.63) is 62.5 Å². The summed E-state index contributed by atoms with van der Waals surface area (Å²) in [5.41, 5.74) is 2.22. The van der Waals surface area contributed by atoms with Crippen molar-refractivity contribution in [3.8, 4) is 0 Å². The van der Waals surface area contributed by atoms with Gasteiger partial charge in [0.2, 0.25) is 5.91 Å². The first-order chi connectivity index (χ1) is 13.3. The van der Waals surface area contributed by atoms with Crippen LogP contribution in [0.4, 0.5) is 5.69 Å². The fourth-order valence-electron chi connectivity index (χ4n) is 2.76. The highest BCUT2D eigenvalue weighted by molar-refractivity contribution is 9.11. The molecule has 150 valence electrons. The van der Waals surface area contributed by atoms with E-state index in [1.54, 1.807) is 12.1 Å². The van der Waals surface area contributed by atoms with E-state index in [1.165, 1.54) is 0 Å². The maximum absolute atomic E-state index is 12.6. The number of carbonyl (C=O) groups excluding carboxylic acids is 2. The Balaban J connectivity index is 2.23. The average Bonchev–Trinajstić information content (AvgIpc) is 2.63. The van der Waals surface area contributed by atoms with Crippen molar-refractivity contribution < 1.29 is 9.59 Å². The summed E-state index contributed by atoms with van der Waals surface area (Å²) in [6, 6.07) is 13.1. The van der Waals surface area contributed by atoms with Gasteiger partial charge in [-0.1, -0.05) is 41.1 Å². The predicted octanol–water partition coefficient (Wildman–Crippen LogP) is 4.81. The standard InChI is InChI=1S/C21H25Br2N3O2/c1-4-26(13-19(27)24-14(2)3)12-16-10-17(22)11-18(23)20(16)25-21(28)15-8-6-5-7-9-15/h5-11,14H,4,12-13H2,1-3H3,(H,24,27)(H,25,28). The van der Waals surface area contributed by atoms with Gasteiger partial charge in [-0.3, -0.25) is 14.5 Å². The van der Waals surface area contributed by atoms with E-state index >= 15 is 0 Å². The van der Waals surface area contributed by atoms with E-state index in [0.717, 1.165) is 14.5 Å². The van der Waals surface area contributed by atoms with Gasteiger partial charge in [-0.25, -0.2) is 0 Å². The number of halogens is 2. The van der Waals surface area contributed by atoms with Crippen LogP contribution in [-0.2, 0) is 11.3 Å². The van der Waals surface area contributed by atoms with Gasteiger partial charge in [-0.15, -0.1) is 0 Å². The summed E-state index contributed by atoms with van der Waals surface area (Å²) in [7, 11) is 0. The lowest BCUT2D eigenvalue weighted by Gasteiger charge is -2.23. The molecular weight excluding hydrogens is 486 g/mol. The topological polar surface area (TPSA) is 61.4 Å². The third-order valence-corrected chi connectivity index (χ3v) is 5.15. The van der Waals surface area contributed by atoms with Crippen LogP contribution >= 0.6 is 31.9 Å². The monoisotopic (exact) mass is 509 g/mol. The lowest BCUT2D eigenvalue weighted by molar-refractivity contribution is -0.122. The molecule has 0 heterocycles. The van der Waals surface area contributed by atoms with E-state index in [2.05, 4.69) is 42.5 Å². The second kappa shape index (κ2) is 10.7. The van der Waals surface area contributed by atoms with Gasteiger partial charge in [-0.05, 0) is 66.2 Å². The van der Waals surface area contributed by atoms with E-state index in [0.29, 0.717) is 30.9 Å². The zero-order valence-corrected chi connectivity index (χ0v) is 19.4. The summed E-state index contributed by atoms with van der Waals surface area (Å²) < 4.78 is 1.68. The quantitative estimate of drug-likeness (QED) is 0.535. The van der Waals surface area contributed by atoms with E-state index < -0.39 is 0 Å². The SMILES string of the molecule is CCN(CC(=O)NC(C)C)Cc1cc(Br)cc(Br)c1NC(=O)c1ccccc1. The van der Waals surface area contributed by atoms with Crippen LogP contribution in [-0.4, -0.2) is 35.8 Å². The summed E-state index contributed by atoms with van der Waals surface area (Å²) in [5, 5.41) is 5.92. The first kappa shape index (κ1) is 22.6. The number of carbonyl (C=O) groups is 2. The van der Waals surface area contributed by atoms with Gasteiger partial charge in [0.25, 0.3) is 5.91 Å². The largest absolute Gasteiger partial charge is 0.353 e. The zero-order valence-electron chi connectivity index (χ0n) is 16.3. The van der Waals surface area contributed by atoms with Crippen molar-refractivity contribution in [3.63, 3.8) is 0 Å². The summed E-state index contributed by atoms with van der Waals surface area (Å²) >= 11 is 7.07. The van der Waals surface area contributed by atoms with Crippen LogP contribution in [0.15, 0.2) is 51.4 Å². The van der Waals surface area contributed by atoms with Crippen LogP contribution < -0.4 is 10.6 Å². The zero-order chi connectivity index (χ0) is 20.7. The van der Waals surface area contributed by atoms with Gasteiger partial charge >= 0.3 is 0 Å². The van der Waals surface area contributed by atoms with Gasteiger partial charge in [0, 0.05) is 27.1 Å². The highest BCUT2D eigenvalue weighted by Gasteiger charge is 2.17. The Bertz CT molecular complexity index is 826. The minimum absolute atomic E-state index is 0.0132. The lowest BCUT2D eigenvalue weighted by atomic mass is 10.1. The predicted molar refractivity (Wildman–Crippen MR) is 120 cm³/mol. The minimum atomic E-state index is -0.175. The van der Waals surface area contributed by atoms with Gasteiger partial charge in [0.05, 0.1) is 12.2 Å². The smallest absolute Gasteiger partial charge is 0.255 e. The molecule has 2 N–H and O–H groups in total. The van der Waals surface area contributed by atoms with Crippen molar-refractivity contribution in [1.82, 2.24) is 10.2 Å². The molecule has 7 heteroatoms. The van der Waals surface area contributed by atoms with Gasteiger partial charge in [0.1, 0.15) is 0 Å². The third kappa shape index (κ3) is 6.72. The van der Waals surface area contributed by atoms with Gasteiger partial charge in [-0.2, -0.15) is 0 Å². The van der Waals surface area contributed by atoms with Crippen molar-refractivity contribution in [2.45, 2.75) is 33.4 Å². The van der Waals surface area contributed by atoms with Crippen LogP contribution in [0.1, 0.15) is 36.7 Å². The van der Waals surface area contributed by atoms with Gasteiger partial charge < -0.3 is 10.6 Å². The van der Waals surface area contributed by atoms with E-state index in [-0.39, 0.29) is 17.9 Å². The molecule has 0 unspecified atom stereocenters. The maximum atomic E-state index is 12.6. The summed E-state index contributed by atoms with van der Waals surface area (Å²) in [5.74, 6) is -0.189. The van der Waals surface area contributed by atoms with E-state index in [1.807, 2.05) is 56.0 Å². The number of hydrogen-bond acceptors (Lipinski definition) is 3. The summed E-state index contributed by atoms with van der Waals surface area (Å²) in [4.78, 5) is 26.8. The van der Waals surface area contributed by atoms with E-state index in [4.69, 9.17) is 0 Å². The first-order valence-electron chi connectivity index (χ1n) is 9.16. The Hall–Kier alpha value is -1.70. The molecule has 0 aliphatic rings. The second-order valence-electron chi connectivity index (χ2n) is 6.77. The number of nitrogens with zero attached hydrogens (tertiary/aromatic N) is 1. The van der Waals surface area contributed by atoms with Crippen molar-refractivity contribution in [2.75, 3.05) is 18.4 Å². The highest BCUT2D eigenvalue weighted by atomic mass is 79.9. The van der Waals surface area contributed by atoms with E-state index in [9.17, 15) is 9.59 Å². The van der Waals surface area contributed by atoms with Crippen LogP contribution in [0.25, 0.3) is 0 Å². The molecule has 0 aromatic heterocycles. The Morgan fingerprint density at radius 2 is 1.79 bits per heavy atom. The molecule has 2 aromatic carbocycles.